The Labute approximate surface area is 91.5 Å². The summed E-state index contributed by atoms with van der Waals surface area (Å²) in [6.07, 6.45) is -2.92. The molecule has 1 heterocycles. The van der Waals surface area contributed by atoms with Crippen molar-refractivity contribution in [1.29, 1.82) is 0 Å². The van der Waals surface area contributed by atoms with Crippen LogP contribution in [-0.2, 0) is 10.0 Å². The molecule has 3 N–H and O–H groups in total. The number of rotatable bonds is 2. The Morgan fingerprint density at radius 3 is 2.40 bits per heavy atom. The first-order valence-electron chi connectivity index (χ1n) is 3.47. The van der Waals surface area contributed by atoms with Gasteiger partial charge in [0, 0.05) is 0 Å². The van der Waals surface area contributed by atoms with Crippen molar-refractivity contribution in [3.8, 4) is 0 Å². The molecule has 0 radical (unpaired) electrons. The predicted octanol–water partition coefficient (Wildman–Crippen LogP) is 0.722. The second-order valence-corrected chi connectivity index (χ2v) is 4.90. The lowest BCUT2D eigenvalue weighted by Gasteiger charge is -2.04. The Morgan fingerprint density at radius 1 is 1.47 bits per heavy atom. The van der Waals surface area contributed by atoms with Crippen molar-refractivity contribution in [2.75, 3.05) is 0 Å². The Hall–Kier alpha value is -0.800. The van der Waals surface area contributed by atoms with Crippen LogP contribution >= 0.6 is 15.9 Å². The highest BCUT2D eigenvalue weighted by Gasteiger charge is 2.20. The van der Waals surface area contributed by atoms with Crippen molar-refractivity contribution < 1.29 is 17.2 Å². The van der Waals surface area contributed by atoms with Crippen molar-refractivity contribution in [3.63, 3.8) is 0 Å². The summed E-state index contributed by atoms with van der Waals surface area (Å²) in [5, 5.41) is 4.67. The van der Waals surface area contributed by atoms with Gasteiger partial charge in [0.1, 0.15) is 4.90 Å². The van der Waals surface area contributed by atoms with Crippen LogP contribution in [0.15, 0.2) is 20.4 Å². The molecule has 0 spiro atoms. The molecule has 9 heteroatoms. The summed E-state index contributed by atoms with van der Waals surface area (Å²) in [5.74, 6) is 0. The van der Waals surface area contributed by atoms with E-state index in [2.05, 4.69) is 21.1 Å². The van der Waals surface area contributed by atoms with E-state index in [4.69, 9.17) is 0 Å². The highest BCUT2D eigenvalue weighted by Crippen LogP contribution is 2.25. The van der Waals surface area contributed by atoms with E-state index >= 15 is 0 Å². The lowest BCUT2D eigenvalue weighted by Crippen LogP contribution is -2.24. The molecular formula is C6H5BrF2N2O3S. The van der Waals surface area contributed by atoms with Crippen LogP contribution < -0.4 is 10.7 Å². The number of halogens is 3. The van der Waals surface area contributed by atoms with Gasteiger partial charge in [-0.2, -0.15) is 0 Å². The highest BCUT2D eigenvalue weighted by molar-refractivity contribution is 9.10. The van der Waals surface area contributed by atoms with Gasteiger partial charge in [-0.1, -0.05) is 0 Å². The molecule has 0 aliphatic carbocycles. The van der Waals surface area contributed by atoms with Crippen LogP contribution in [0.2, 0.25) is 0 Å². The minimum Gasteiger partial charge on any atom is -0.315 e. The normalized spacial score (nSPS) is 12.1. The van der Waals surface area contributed by atoms with Gasteiger partial charge in [0.05, 0.1) is 10.2 Å². The molecule has 0 atom stereocenters. The topological polar surface area (TPSA) is 93.0 Å². The number of primary sulfonamides is 1. The molecule has 0 aliphatic rings. The molecule has 1 aromatic rings. The van der Waals surface area contributed by atoms with Crippen LogP contribution in [0.4, 0.5) is 8.78 Å². The average Bonchev–Trinajstić information content (AvgIpc) is 2.00. The minimum absolute atomic E-state index is 0.269. The van der Waals surface area contributed by atoms with Crippen molar-refractivity contribution in [1.82, 2.24) is 4.98 Å². The fourth-order valence-electron chi connectivity index (χ4n) is 0.874. The molecule has 0 amide bonds. The summed E-state index contributed by atoms with van der Waals surface area (Å²) >= 11 is 2.68. The Morgan fingerprint density at radius 2 is 2.00 bits per heavy atom. The number of aromatic amines is 1. The number of aromatic nitrogens is 1. The fourth-order valence-corrected chi connectivity index (χ4v) is 1.94. The maximum atomic E-state index is 12.3. The molecule has 84 valence electrons. The molecule has 0 unspecified atom stereocenters. The van der Waals surface area contributed by atoms with Crippen molar-refractivity contribution in [2.24, 2.45) is 5.14 Å². The second kappa shape index (κ2) is 3.99. The Kier molecular flexibility index (Phi) is 3.26. The van der Waals surface area contributed by atoms with Gasteiger partial charge in [-0.15, -0.1) is 0 Å². The van der Waals surface area contributed by atoms with Gasteiger partial charge in [0.15, 0.2) is 0 Å². The van der Waals surface area contributed by atoms with Crippen LogP contribution in [0.25, 0.3) is 0 Å². The van der Waals surface area contributed by atoms with Crippen LogP contribution in [-0.4, -0.2) is 13.4 Å². The van der Waals surface area contributed by atoms with E-state index < -0.39 is 32.5 Å². The Bertz CT molecular complexity index is 540. The third-order valence-electron chi connectivity index (χ3n) is 1.53. The maximum Gasteiger partial charge on any atom is 0.269 e. The lowest BCUT2D eigenvalue weighted by atomic mass is 10.3. The number of pyridine rings is 1. The molecule has 0 aliphatic heterocycles. The van der Waals surface area contributed by atoms with E-state index in [1.807, 2.05) is 4.98 Å². The van der Waals surface area contributed by atoms with E-state index in [-0.39, 0.29) is 4.60 Å². The molecular weight excluding hydrogens is 298 g/mol. The largest absolute Gasteiger partial charge is 0.315 e. The quantitative estimate of drug-likeness (QED) is 0.788. The van der Waals surface area contributed by atoms with Gasteiger partial charge in [-0.3, -0.25) is 4.79 Å². The number of hydrogen-bond acceptors (Lipinski definition) is 3. The van der Waals surface area contributed by atoms with Crippen molar-refractivity contribution in [2.45, 2.75) is 11.3 Å². The third kappa shape index (κ3) is 2.61. The first-order chi connectivity index (χ1) is 6.73. The minimum atomic E-state index is -4.30. The monoisotopic (exact) mass is 302 g/mol. The smallest absolute Gasteiger partial charge is 0.269 e. The van der Waals surface area contributed by atoms with E-state index in [1.54, 1.807) is 0 Å². The summed E-state index contributed by atoms with van der Waals surface area (Å²) in [6.45, 7) is 0. The fraction of sp³-hybridized carbons (Fsp3) is 0.167. The SMILES string of the molecule is NS(=O)(=O)c1cc(C(F)F)c(Br)[nH]c1=O. The van der Waals surface area contributed by atoms with Gasteiger partial charge < -0.3 is 4.98 Å². The molecule has 0 saturated carbocycles. The number of nitrogens with one attached hydrogen (secondary N) is 1. The van der Waals surface area contributed by atoms with Crippen LogP contribution in [0.5, 0.6) is 0 Å². The van der Waals surface area contributed by atoms with E-state index in [1.165, 1.54) is 0 Å². The maximum absolute atomic E-state index is 12.3. The molecule has 0 bridgehead atoms. The molecule has 0 aromatic carbocycles. The third-order valence-corrected chi connectivity index (χ3v) is 3.10. The van der Waals surface area contributed by atoms with E-state index in [9.17, 15) is 22.0 Å². The predicted molar refractivity (Wildman–Crippen MR) is 51.1 cm³/mol. The van der Waals surface area contributed by atoms with E-state index in [0.29, 0.717) is 6.07 Å². The molecule has 5 nitrogen and oxygen atoms in total. The number of sulfonamides is 1. The summed E-state index contributed by atoms with van der Waals surface area (Å²) in [6, 6.07) is 0.545. The highest BCUT2D eigenvalue weighted by atomic mass is 79.9. The van der Waals surface area contributed by atoms with Gasteiger partial charge >= 0.3 is 0 Å². The zero-order chi connectivity index (χ0) is 11.8. The number of alkyl halides is 2. The first-order valence-corrected chi connectivity index (χ1v) is 5.81. The first kappa shape index (κ1) is 12.3. The molecule has 1 aromatic heterocycles. The number of H-pyrrole nitrogens is 1. The molecule has 1 rings (SSSR count). The van der Waals surface area contributed by atoms with Gasteiger partial charge in [-0.25, -0.2) is 22.3 Å². The molecule has 0 saturated heterocycles. The van der Waals surface area contributed by atoms with Gasteiger partial charge in [0.25, 0.3) is 12.0 Å². The average molecular weight is 303 g/mol. The van der Waals surface area contributed by atoms with Crippen molar-refractivity contribution in [3.05, 3.63) is 26.6 Å². The standard InChI is InChI=1S/C6H5BrF2N2O3S/c7-4-2(5(8)9)1-3(6(12)11-4)15(10,13)14/h1,5H,(H,11,12)(H2,10,13,14). The van der Waals surface area contributed by atoms with Crippen LogP contribution in [0.3, 0.4) is 0 Å². The van der Waals surface area contributed by atoms with Crippen LogP contribution in [0, 0.1) is 0 Å². The lowest BCUT2D eigenvalue weighted by molar-refractivity contribution is 0.149. The van der Waals surface area contributed by atoms with E-state index in [0.717, 1.165) is 0 Å². The summed E-state index contributed by atoms with van der Waals surface area (Å²) in [7, 11) is -4.30. The summed E-state index contributed by atoms with van der Waals surface area (Å²) in [4.78, 5) is 12.1. The molecule has 0 fully saturated rings. The van der Waals surface area contributed by atoms with Crippen molar-refractivity contribution >= 4 is 26.0 Å². The van der Waals surface area contributed by atoms with Gasteiger partial charge in [0.2, 0.25) is 10.0 Å². The number of nitrogens with two attached hydrogens (primary N) is 1. The number of hydrogen-bond donors (Lipinski definition) is 2. The molecule has 15 heavy (non-hydrogen) atoms. The van der Waals surface area contributed by atoms with Gasteiger partial charge in [-0.05, 0) is 22.0 Å². The Balaban J connectivity index is 3.58. The zero-order valence-electron chi connectivity index (χ0n) is 7.00. The summed E-state index contributed by atoms with van der Waals surface area (Å²) < 4.78 is 46.1. The van der Waals surface area contributed by atoms with Crippen LogP contribution in [0.1, 0.15) is 12.0 Å². The second-order valence-electron chi connectivity index (χ2n) is 2.58. The zero-order valence-corrected chi connectivity index (χ0v) is 9.40. The summed E-state index contributed by atoms with van der Waals surface area (Å²) in [5.41, 5.74) is -1.69.